The number of hydrogen-bond donors (Lipinski definition) is 2. The van der Waals surface area contributed by atoms with E-state index in [0.717, 1.165) is 48.6 Å². The van der Waals surface area contributed by atoms with Gasteiger partial charge in [0.15, 0.2) is 5.17 Å². The summed E-state index contributed by atoms with van der Waals surface area (Å²) in [5.74, 6) is 0.166. The molecule has 3 saturated heterocycles. The second kappa shape index (κ2) is 11.3. The Kier molecular flexibility index (Phi) is 7.82. The van der Waals surface area contributed by atoms with Crippen LogP contribution in [0, 0.1) is 5.92 Å². The number of piperazine rings is 1. The summed E-state index contributed by atoms with van der Waals surface area (Å²) < 4.78 is 0. The number of fused-ring (bicyclic) bond motifs is 1. The number of thioether (sulfide) groups is 1. The molecule has 2 N–H and O–H groups in total. The summed E-state index contributed by atoms with van der Waals surface area (Å²) in [6, 6.07) is 7.99. The molecule has 9 nitrogen and oxygen atoms in total. The highest BCUT2D eigenvalue weighted by atomic mass is 35.5. The largest absolute Gasteiger partial charge is 0.506 e. The summed E-state index contributed by atoms with van der Waals surface area (Å²) in [6.45, 7) is 10.6. The van der Waals surface area contributed by atoms with E-state index in [4.69, 9.17) is 28.2 Å². The molecule has 7 rings (SSSR count). The van der Waals surface area contributed by atoms with Gasteiger partial charge in [-0.2, -0.15) is 0 Å². The summed E-state index contributed by atoms with van der Waals surface area (Å²) in [5, 5.41) is 15.3. The normalized spacial score (nSPS) is 31.9. The molecule has 240 valence electrons. The Balaban J connectivity index is 1.24. The Labute approximate surface area is 278 Å². The van der Waals surface area contributed by atoms with E-state index in [9.17, 15) is 14.7 Å². The van der Waals surface area contributed by atoms with Crippen LogP contribution in [0.3, 0.4) is 0 Å². The Morgan fingerprint density at radius 1 is 1.13 bits per heavy atom. The Hall–Kier alpha value is -2.53. The standard InChI is InChI=1S/C33H40Cl2N6O3S/c1-18(2)26-27(30(44)40-19(3)5-9-23(40)29(43)39-14-13-37-33(17-39)11-12-33)45-31-38-32(4,21-7-10-25(35)36-16-21)28(41(26)31)20-6-8-22(34)24(42)15-20/h6-8,10,15-16,18-19,23,26-28,37,42H,5,9,11-14,17H2,1-4H3/t19-,23+,26?,27?,28?,32+/m1/s1. The van der Waals surface area contributed by atoms with Gasteiger partial charge in [-0.3, -0.25) is 9.59 Å². The lowest BCUT2D eigenvalue weighted by Crippen LogP contribution is -2.60. The van der Waals surface area contributed by atoms with Crippen molar-refractivity contribution in [3.8, 4) is 5.75 Å². The van der Waals surface area contributed by atoms with Crippen molar-refractivity contribution in [2.24, 2.45) is 10.9 Å². The summed E-state index contributed by atoms with van der Waals surface area (Å²) in [6.07, 6.45) is 5.45. The SMILES string of the molecule is CC(C)C1C(C(=O)N2[C@H](C)CC[C@H]2C(=O)N2CCNC3(CC3)C2)SC2=N[C@@](C)(c3ccc(Cl)nc3)C(c3ccc(Cl)c(O)c3)N21. The second-order valence-electron chi connectivity index (χ2n) is 13.9. The highest BCUT2D eigenvalue weighted by molar-refractivity contribution is 8.15. The van der Waals surface area contributed by atoms with E-state index in [0.29, 0.717) is 18.1 Å². The maximum atomic E-state index is 14.7. The van der Waals surface area contributed by atoms with Crippen LogP contribution in [0.25, 0.3) is 0 Å². The van der Waals surface area contributed by atoms with Gasteiger partial charge < -0.3 is 25.1 Å². The number of likely N-dealkylation sites (tertiary alicyclic amines) is 1. The van der Waals surface area contributed by atoms with Gasteiger partial charge >= 0.3 is 0 Å². The predicted molar refractivity (Wildman–Crippen MR) is 178 cm³/mol. The smallest absolute Gasteiger partial charge is 0.245 e. The van der Waals surface area contributed by atoms with Gasteiger partial charge in [0, 0.05) is 43.0 Å². The first-order valence-electron chi connectivity index (χ1n) is 15.9. The number of amides is 2. The third-order valence-corrected chi connectivity index (χ3v) is 12.3. The number of aliphatic imine (C=N–C) groups is 1. The topological polar surface area (TPSA) is 101 Å². The van der Waals surface area contributed by atoms with Crippen molar-refractivity contribution in [1.29, 1.82) is 0 Å². The van der Waals surface area contributed by atoms with Gasteiger partial charge in [0.05, 0.1) is 17.1 Å². The van der Waals surface area contributed by atoms with Crippen LogP contribution in [0.5, 0.6) is 5.75 Å². The fourth-order valence-electron chi connectivity index (χ4n) is 7.95. The second-order valence-corrected chi connectivity index (χ2v) is 15.8. The van der Waals surface area contributed by atoms with Crippen molar-refractivity contribution in [3.63, 3.8) is 0 Å². The van der Waals surface area contributed by atoms with Gasteiger partial charge in [0.1, 0.15) is 27.7 Å². The molecule has 4 fully saturated rings. The van der Waals surface area contributed by atoms with Gasteiger partial charge in [-0.25, -0.2) is 9.98 Å². The average molecular weight is 672 g/mol. The van der Waals surface area contributed by atoms with Gasteiger partial charge in [-0.05, 0) is 69.2 Å². The zero-order valence-corrected chi connectivity index (χ0v) is 28.4. The summed E-state index contributed by atoms with van der Waals surface area (Å²) >= 11 is 13.9. The molecule has 0 bridgehead atoms. The molecular weight excluding hydrogens is 631 g/mol. The van der Waals surface area contributed by atoms with Crippen LogP contribution in [-0.2, 0) is 15.1 Å². The highest BCUT2D eigenvalue weighted by Gasteiger charge is 2.59. The summed E-state index contributed by atoms with van der Waals surface area (Å²) in [4.78, 5) is 44.5. The number of aromatic nitrogens is 1. The van der Waals surface area contributed by atoms with Crippen LogP contribution in [0.15, 0.2) is 41.5 Å². The number of benzene rings is 1. The quantitative estimate of drug-likeness (QED) is 0.422. The van der Waals surface area contributed by atoms with Gasteiger partial charge in [0.25, 0.3) is 0 Å². The number of halogens is 2. The molecular formula is C33H40Cl2N6O3S. The summed E-state index contributed by atoms with van der Waals surface area (Å²) in [7, 11) is 0. The van der Waals surface area contributed by atoms with Crippen molar-refractivity contribution >= 4 is 51.9 Å². The van der Waals surface area contributed by atoms with Crippen LogP contribution in [0.4, 0.5) is 0 Å². The zero-order chi connectivity index (χ0) is 31.8. The Morgan fingerprint density at radius 3 is 2.58 bits per heavy atom. The molecule has 5 aliphatic rings. The number of nitrogens with one attached hydrogen (secondary N) is 1. The van der Waals surface area contributed by atoms with Crippen molar-refractivity contribution in [2.45, 2.75) is 93.9 Å². The number of phenolic OH excluding ortho intramolecular Hbond substituents is 1. The molecule has 1 aromatic heterocycles. The number of hydrogen-bond acceptors (Lipinski definition) is 8. The number of rotatable bonds is 5. The van der Waals surface area contributed by atoms with Crippen molar-refractivity contribution in [3.05, 3.63) is 57.8 Å². The summed E-state index contributed by atoms with van der Waals surface area (Å²) in [5.41, 5.74) is 1.02. The molecule has 6 atom stereocenters. The molecule has 1 aromatic carbocycles. The molecule has 1 saturated carbocycles. The van der Waals surface area contributed by atoms with E-state index in [2.05, 4.69) is 42.9 Å². The monoisotopic (exact) mass is 670 g/mol. The molecule has 45 heavy (non-hydrogen) atoms. The van der Waals surface area contributed by atoms with Crippen LogP contribution in [0.2, 0.25) is 10.2 Å². The third kappa shape index (κ3) is 5.20. The van der Waals surface area contributed by atoms with E-state index < -0.39 is 16.8 Å². The van der Waals surface area contributed by atoms with Gasteiger partial charge in [-0.1, -0.05) is 60.9 Å². The maximum Gasteiger partial charge on any atom is 0.245 e. The number of aromatic hydroxyl groups is 1. The molecule has 1 aliphatic carbocycles. The predicted octanol–water partition coefficient (Wildman–Crippen LogP) is 5.21. The van der Waals surface area contributed by atoms with Crippen molar-refractivity contribution in [1.82, 2.24) is 25.0 Å². The van der Waals surface area contributed by atoms with Crippen LogP contribution in [-0.4, -0.2) is 90.3 Å². The number of amidine groups is 1. The number of nitrogens with zero attached hydrogens (tertiary/aromatic N) is 5. The maximum absolute atomic E-state index is 14.7. The molecule has 12 heteroatoms. The van der Waals surface area contributed by atoms with Crippen molar-refractivity contribution in [2.75, 3.05) is 19.6 Å². The molecule has 2 aromatic rings. The average Bonchev–Trinajstić information content (AvgIpc) is 3.33. The first kappa shape index (κ1) is 31.1. The molecule has 4 aliphatic heterocycles. The number of carbonyl (C=O) groups excluding carboxylic acids is 2. The van der Waals surface area contributed by atoms with E-state index in [1.807, 2.05) is 21.9 Å². The molecule has 2 amide bonds. The minimum absolute atomic E-state index is 0.00276. The fraction of sp³-hybridized carbons (Fsp3) is 0.576. The van der Waals surface area contributed by atoms with Crippen LogP contribution >= 0.6 is 35.0 Å². The highest BCUT2D eigenvalue weighted by Crippen LogP contribution is 2.56. The fourth-order valence-corrected chi connectivity index (χ4v) is 9.81. The Morgan fingerprint density at radius 2 is 1.91 bits per heavy atom. The third-order valence-electron chi connectivity index (χ3n) is 10.5. The Bertz CT molecular complexity index is 1550. The minimum Gasteiger partial charge on any atom is -0.506 e. The number of pyridine rings is 1. The lowest BCUT2D eigenvalue weighted by Gasteiger charge is -2.42. The van der Waals surface area contributed by atoms with E-state index in [1.165, 1.54) is 11.8 Å². The lowest BCUT2D eigenvalue weighted by atomic mass is 9.81. The zero-order valence-electron chi connectivity index (χ0n) is 26.0. The van der Waals surface area contributed by atoms with E-state index >= 15 is 0 Å². The first-order chi connectivity index (χ1) is 21.4. The van der Waals surface area contributed by atoms with E-state index in [-0.39, 0.29) is 52.2 Å². The number of phenols is 1. The van der Waals surface area contributed by atoms with Crippen LogP contribution < -0.4 is 5.32 Å². The van der Waals surface area contributed by atoms with Gasteiger partial charge in [-0.15, -0.1) is 0 Å². The van der Waals surface area contributed by atoms with Crippen LogP contribution in [0.1, 0.15) is 70.5 Å². The van der Waals surface area contributed by atoms with E-state index in [1.54, 1.807) is 24.4 Å². The van der Waals surface area contributed by atoms with Crippen molar-refractivity contribution < 1.29 is 14.7 Å². The molecule has 3 unspecified atom stereocenters. The lowest BCUT2D eigenvalue weighted by molar-refractivity contribution is -0.146. The number of carbonyl (C=O) groups is 2. The van der Waals surface area contributed by atoms with Gasteiger partial charge in [0.2, 0.25) is 11.8 Å². The minimum atomic E-state index is -0.776. The molecule has 1 spiro atoms. The molecule has 0 radical (unpaired) electrons. The first-order valence-corrected chi connectivity index (χ1v) is 17.6. The molecule has 5 heterocycles.